The summed E-state index contributed by atoms with van der Waals surface area (Å²) in [6.45, 7) is 0. The third-order valence-corrected chi connectivity index (χ3v) is 4.99. The number of halogens is 3. The van der Waals surface area contributed by atoms with Gasteiger partial charge < -0.3 is 5.32 Å². The first-order valence-corrected chi connectivity index (χ1v) is 8.18. The van der Waals surface area contributed by atoms with Crippen molar-refractivity contribution < 1.29 is 0 Å². The lowest BCUT2D eigenvalue weighted by atomic mass is 10.1. The first-order valence-electron chi connectivity index (χ1n) is 4.98. The van der Waals surface area contributed by atoms with Gasteiger partial charge in [-0.15, -0.1) is 11.3 Å². The Labute approximate surface area is 130 Å². The molecule has 5 heteroatoms. The minimum atomic E-state index is 0.222. The molecule has 0 saturated carbocycles. The predicted octanol–water partition coefficient (Wildman–Crippen LogP) is 5.34. The van der Waals surface area contributed by atoms with Gasteiger partial charge in [0.2, 0.25) is 0 Å². The Bertz CT molecular complexity index is 504. The van der Waals surface area contributed by atoms with Crippen LogP contribution in [0.2, 0.25) is 0 Å². The summed E-state index contributed by atoms with van der Waals surface area (Å²) in [5, 5.41) is 3.35. The van der Waals surface area contributed by atoms with Crippen molar-refractivity contribution in [3.05, 3.63) is 53.5 Å². The molecule has 90 valence electrons. The lowest BCUT2D eigenvalue weighted by Gasteiger charge is -2.15. The lowest BCUT2D eigenvalue weighted by molar-refractivity contribution is 0.703. The van der Waals surface area contributed by atoms with Gasteiger partial charge in [0.1, 0.15) is 0 Å². The van der Waals surface area contributed by atoms with E-state index in [-0.39, 0.29) is 6.04 Å². The van der Waals surface area contributed by atoms with E-state index in [1.807, 2.05) is 13.1 Å². The van der Waals surface area contributed by atoms with E-state index in [0.717, 1.165) is 12.7 Å². The fraction of sp³-hybridized carbons (Fsp3) is 0.167. The zero-order chi connectivity index (χ0) is 12.4. The van der Waals surface area contributed by atoms with Crippen LogP contribution in [0.4, 0.5) is 0 Å². The van der Waals surface area contributed by atoms with Gasteiger partial charge in [-0.3, -0.25) is 0 Å². The summed E-state index contributed by atoms with van der Waals surface area (Å²) in [6, 6.07) is 10.8. The highest BCUT2D eigenvalue weighted by molar-refractivity contribution is 9.11. The molecule has 0 aliphatic carbocycles. The summed E-state index contributed by atoms with van der Waals surface area (Å²) in [4.78, 5) is 1.30. The second-order valence-corrected chi connectivity index (χ2v) is 7.89. The van der Waals surface area contributed by atoms with Crippen molar-refractivity contribution in [3.63, 3.8) is 0 Å². The van der Waals surface area contributed by atoms with Crippen LogP contribution in [0.3, 0.4) is 0 Å². The number of hydrogen-bond donors (Lipinski definition) is 1. The van der Waals surface area contributed by atoms with E-state index in [0.29, 0.717) is 0 Å². The molecule has 0 spiro atoms. The van der Waals surface area contributed by atoms with Crippen molar-refractivity contribution in [1.29, 1.82) is 0 Å². The van der Waals surface area contributed by atoms with E-state index in [1.165, 1.54) is 10.4 Å². The first-order chi connectivity index (χ1) is 8.10. The molecular weight excluding hydrogens is 430 g/mol. The first kappa shape index (κ1) is 13.7. The SMILES string of the molecule is CNC(c1cc(Br)cc(Br)c1)c1ccc(Br)s1. The summed E-state index contributed by atoms with van der Waals surface area (Å²) in [5.74, 6) is 0. The smallest absolute Gasteiger partial charge is 0.0702 e. The molecule has 1 N–H and O–H groups in total. The molecule has 1 unspecified atom stereocenters. The quantitative estimate of drug-likeness (QED) is 0.680. The van der Waals surface area contributed by atoms with E-state index < -0.39 is 0 Å². The molecule has 0 amide bonds. The standard InChI is InChI=1S/C12H10Br3NS/c1-16-12(10-2-3-11(15)17-10)7-4-8(13)6-9(14)5-7/h2-6,12,16H,1H3. The van der Waals surface area contributed by atoms with Crippen LogP contribution in [0, 0.1) is 0 Å². The molecule has 1 atom stereocenters. The molecule has 0 radical (unpaired) electrons. The average Bonchev–Trinajstić information content (AvgIpc) is 2.64. The summed E-state index contributed by atoms with van der Waals surface area (Å²) >= 11 is 12.3. The van der Waals surface area contributed by atoms with Gasteiger partial charge in [0.05, 0.1) is 9.83 Å². The number of thiophene rings is 1. The topological polar surface area (TPSA) is 12.0 Å². The molecular formula is C12H10Br3NS. The minimum absolute atomic E-state index is 0.222. The molecule has 0 aliphatic heterocycles. The van der Waals surface area contributed by atoms with Crippen LogP contribution in [-0.4, -0.2) is 7.05 Å². The van der Waals surface area contributed by atoms with Crippen LogP contribution in [0.1, 0.15) is 16.5 Å². The molecule has 0 aliphatic rings. The molecule has 0 bridgehead atoms. The molecule has 2 rings (SSSR count). The van der Waals surface area contributed by atoms with Gasteiger partial charge in [0.15, 0.2) is 0 Å². The fourth-order valence-corrected chi connectivity index (χ4v) is 4.59. The normalized spacial score (nSPS) is 12.7. The Morgan fingerprint density at radius 2 is 1.71 bits per heavy atom. The Balaban J connectivity index is 2.41. The van der Waals surface area contributed by atoms with E-state index in [1.54, 1.807) is 11.3 Å². The number of benzene rings is 1. The van der Waals surface area contributed by atoms with Crippen LogP contribution in [0.15, 0.2) is 43.1 Å². The van der Waals surface area contributed by atoms with Gasteiger partial charge >= 0.3 is 0 Å². The van der Waals surface area contributed by atoms with Crippen LogP contribution in [0.25, 0.3) is 0 Å². The zero-order valence-electron chi connectivity index (χ0n) is 9.01. The maximum absolute atomic E-state index is 3.52. The second-order valence-electron chi connectivity index (χ2n) is 3.57. The van der Waals surface area contributed by atoms with Gasteiger partial charge in [-0.2, -0.15) is 0 Å². The number of nitrogens with one attached hydrogen (secondary N) is 1. The summed E-state index contributed by atoms with van der Waals surface area (Å²) in [5.41, 5.74) is 1.24. The molecule has 1 nitrogen and oxygen atoms in total. The predicted molar refractivity (Wildman–Crippen MR) is 84.8 cm³/mol. The zero-order valence-corrected chi connectivity index (χ0v) is 14.6. The van der Waals surface area contributed by atoms with Crippen molar-refractivity contribution in [1.82, 2.24) is 5.32 Å². The Kier molecular flexibility index (Phi) is 4.83. The third kappa shape index (κ3) is 3.41. The highest BCUT2D eigenvalue weighted by Gasteiger charge is 2.14. The number of hydrogen-bond acceptors (Lipinski definition) is 2. The van der Waals surface area contributed by atoms with Crippen molar-refractivity contribution >= 4 is 59.1 Å². The van der Waals surface area contributed by atoms with E-state index in [9.17, 15) is 0 Å². The molecule has 2 aromatic rings. The molecule has 1 heterocycles. The maximum Gasteiger partial charge on any atom is 0.0702 e. The monoisotopic (exact) mass is 437 g/mol. The highest BCUT2D eigenvalue weighted by atomic mass is 79.9. The van der Waals surface area contributed by atoms with E-state index in [4.69, 9.17) is 0 Å². The summed E-state index contributed by atoms with van der Waals surface area (Å²) in [7, 11) is 1.98. The molecule has 0 saturated heterocycles. The van der Waals surface area contributed by atoms with Gasteiger partial charge in [0, 0.05) is 13.8 Å². The van der Waals surface area contributed by atoms with Crippen LogP contribution < -0.4 is 5.32 Å². The Morgan fingerprint density at radius 3 is 2.18 bits per heavy atom. The van der Waals surface area contributed by atoms with Gasteiger partial charge in [-0.05, 0) is 58.9 Å². The highest BCUT2D eigenvalue weighted by Crippen LogP contribution is 2.33. The third-order valence-electron chi connectivity index (χ3n) is 2.39. The van der Waals surface area contributed by atoms with Crippen molar-refractivity contribution in [2.75, 3.05) is 7.05 Å². The summed E-state index contributed by atoms with van der Waals surface area (Å²) < 4.78 is 3.32. The van der Waals surface area contributed by atoms with Gasteiger partial charge in [-0.1, -0.05) is 31.9 Å². The van der Waals surface area contributed by atoms with Crippen molar-refractivity contribution in [3.8, 4) is 0 Å². The average molecular weight is 440 g/mol. The van der Waals surface area contributed by atoms with Crippen LogP contribution >= 0.6 is 59.1 Å². The van der Waals surface area contributed by atoms with Gasteiger partial charge in [-0.25, -0.2) is 0 Å². The lowest BCUT2D eigenvalue weighted by Crippen LogP contribution is -2.16. The van der Waals surface area contributed by atoms with Crippen molar-refractivity contribution in [2.45, 2.75) is 6.04 Å². The van der Waals surface area contributed by atoms with Crippen LogP contribution in [0.5, 0.6) is 0 Å². The maximum atomic E-state index is 3.52. The Hall–Kier alpha value is 0.320. The van der Waals surface area contributed by atoms with E-state index in [2.05, 4.69) is 77.4 Å². The molecule has 0 fully saturated rings. The summed E-state index contributed by atoms with van der Waals surface area (Å²) in [6.07, 6.45) is 0. The van der Waals surface area contributed by atoms with Crippen LogP contribution in [-0.2, 0) is 0 Å². The largest absolute Gasteiger partial charge is 0.309 e. The number of rotatable bonds is 3. The minimum Gasteiger partial charge on any atom is -0.309 e. The van der Waals surface area contributed by atoms with Gasteiger partial charge in [0.25, 0.3) is 0 Å². The molecule has 1 aromatic carbocycles. The molecule has 17 heavy (non-hydrogen) atoms. The second kappa shape index (κ2) is 5.97. The fourth-order valence-electron chi connectivity index (χ4n) is 1.70. The Morgan fingerprint density at radius 1 is 1.06 bits per heavy atom. The van der Waals surface area contributed by atoms with E-state index >= 15 is 0 Å². The molecule has 1 aromatic heterocycles. The van der Waals surface area contributed by atoms with Crippen molar-refractivity contribution in [2.24, 2.45) is 0 Å².